The molecule has 19 heavy (non-hydrogen) atoms. The van der Waals surface area contributed by atoms with Gasteiger partial charge in [0.05, 0.1) is 24.9 Å². The second-order valence-electron chi connectivity index (χ2n) is 3.89. The molecule has 98 valence electrons. The standard InChI is InChI=1S/C14H14N2O3/c1-19-11-5-6-13(17)12(8-11)14(18)16-9-10-4-2-3-7-15-10/h2-8,17H,9H2,1H3,(H,16,18). The van der Waals surface area contributed by atoms with E-state index in [9.17, 15) is 9.90 Å². The van der Waals surface area contributed by atoms with Crippen LogP contribution in [0.5, 0.6) is 11.5 Å². The number of amides is 1. The average Bonchev–Trinajstić information content (AvgIpc) is 2.46. The molecule has 0 saturated heterocycles. The maximum absolute atomic E-state index is 12.0. The molecule has 1 aromatic heterocycles. The molecule has 5 nitrogen and oxygen atoms in total. The lowest BCUT2D eigenvalue weighted by molar-refractivity contribution is 0.0947. The van der Waals surface area contributed by atoms with E-state index in [-0.39, 0.29) is 17.2 Å². The van der Waals surface area contributed by atoms with Crippen LogP contribution in [0.15, 0.2) is 42.6 Å². The van der Waals surface area contributed by atoms with Crippen LogP contribution in [0, 0.1) is 0 Å². The normalized spacial score (nSPS) is 9.95. The van der Waals surface area contributed by atoms with Crippen LogP contribution in [0.2, 0.25) is 0 Å². The Bertz CT molecular complexity index is 570. The highest BCUT2D eigenvalue weighted by atomic mass is 16.5. The van der Waals surface area contributed by atoms with Gasteiger partial charge in [-0.15, -0.1) is 0 Å². The molecule has 0 bridgehead atoms. The first-order valence-corrected chi connectivity index (χ1v) is 5.76. The smallest absolute Gasteiger partial charge is 0.255 e. The van der Waals surface area contributed by atoms with Crippen molar-refractivity contribution in [2.45, 2.75) is 6.54 Å². The SMILES string of the molecule is COc1ccc(O)c(C(=O)NCc2ccccn2)c1. The summed E-state index contributed by atoms with van der Waals surface area (Å²) in [7, 11) is 1.50. The summed E-state index contributed by atoms with van der Waals surface area (Å²) in [5.41, 5.74) is 0.925. The Kier molecular flexibility index (Phi) is 3.97. The summed E-state index contributed by atoms with van der Waals surface area (Å²) >= 11 is 0. The van der Waals surface area contributed by atoms with Crippen molar-refractivity contribution in [2.24, 2.45) is 0 Å². The van der Waals surface area contributed by atoms with Crippen LogP contribution in [-0.2, 0) is 6.54 Å². The average molecular weight is 258 g/mol. The fraction of sp³-hybridized carbons (Fsp3) is 0.143. The first-order chi connectivity index (χ1) is 9.20. The number of carbonyl (C=O) groups is 1. The molecule has 0 spiro atoms. The van der Waals surface area contributed by atoms with Gasteiger partial charge in [-0.25, -0.2) is 0 Å². The number of phenols is 1. The highest BCUT2D eigenvalue weighted by Gasteiger charge is 2.12. The maximum atomic E-state index is 12.0. The molecule has 2 aromatic rings. The molecule has 0 aliphatic heterocycles. The predicted octanol–water partition coefficient (Wildman–Crippen LogP) is 1.73. The van der Waals surface area contributed by atoms with Crippen LogP contribution in [0.1, 0.15) is 16.1 Å². The summed E-state index contributed by atoms with van der Waals surface area (Å²) in [6.45, 7) is 0.302. The Morgan fingerprint density at radius 2 is 2.21 bits per heavy atom. The zero-order valence-corrected chi connectivity index (χ0v) is 10.5. The number of hydrogen-bond donors (Lipinski definition) is 2. The van der Waals surface area contributed by atoms with Crippen LogP contribution in [-0.4, -0.2) is 23.1 Å². The van der Waals surface area contributed by atoms with Gasteiger partial charge < -0.3 is 15.2 Å². The van der Waals surface area contributed by atoms with Gasteiger partial charge in [0.25, 0.3) is 5.91 Å². The van der Waals surface area contributed by atoms with Crippen LogP contribution in [0.25, 0.3) is 0 Å². The number of aromatic hydroxyl groups is 1. The lowest BCUT2D eigenvalue weighted by atomic mass is 10.1. The van der Waals surface area contributed by atoms with Crippen molar-refractivity contribution in [3.63, 3.8) is 0 Å². The van der Waals surface area contributed by atoms with Crippen LogP contribution in [0.3, 0.4) is 0 Å². The second kappa shape index (κ2) is 5.86. The van der Waals surface area contributed by atoms with Crippen LogP contribution >= 0.6 is 0 Å². The van der Waals surface area contributed by atoms with Crippen molar-refractivity contribution >= 4 is 5.91 Å². The number of carbonyl (C=O) groups excluding carboxylic acids is 1. The van der Waals surface area contributed by atoms with Gasteiger partial charge in [-0.05, 0) is 30.3 Å². The molecule has 0 unspecified atom stereocenters. The molecule has 2 N–H and O–H groups in total. The molecular formula is C14H14N2O3. The monoisotopic (exact) mass is 258 g/mol. The van der Waals surface area contributed by atoms with Crippen molar-refractivity contribution in [3.05, 3.63) is 53.9 Å². The molecule has 5 heteroatoms. The molecule has 2 rings (SSSR count). The highest BCUT2D eigenvalue weighted by Crippen LogP contribution is 2.22. The van der Waals surface area contributed by atoms with Gasteiger partial charge in [0.1, 0.15) is 11.5 Å². The number of pyridine rings is 1. The lowest BCUT2D eigenvalue weighted by Gasteiger charge is -2.08. The molecule has 1 amide bonds. The van der Waals surface area contributed by atoms with Gasteiger partial charge in [-0.1, -0.05) is 6.07 Å². The summed E-state index contributed by atoms with van der Waals surface area (Å²) in [5.74, 6) is 0.0576. The molecular weight excluding hydrogens is 244 g/mol. The number of methoxy groups -OCH3 is 1. The van der Waals surface area contributed by atoms with E-state index in [1.165, 1.54) is 19.2 Å². The fourth-order valence-electron chi connectivity index (χ4n) is 1.59. The van der Waals surface area contributed by atoms with Gasteiger partial charge in [0.15, 0.2) is 0 Å². The highest BCUT2D eigenvalue weighted by molar-refractivity contribution is 5.97. The number of rotatable bonds is 4. The van der Waals surface area contributed by atoms with Crippen molar-refractivity contribution in [1.82, 2.24) is 10.3 Å². The number of nitrogens with one attached hydrogen (secondary N) is 1. The number of ether oxygens (including phenoxy) is 1. The minimum Gasteiger partial charge on any atom is -0.507 e. The lowest BCUT2D eigenvalue weighted by Crippen LogP contribution is -2.23. The first kappa shape index (κ1) is 12.9. The number of aromatic nitrogens is 1. The van der Waals surface area contributed by atoms with Crippen molar-refractivity contribution < 1.29 is 14.6 Å². The Hall–Kier alpha value is -2.56. The Labute approximate surface area is 110 Å². The maximum Gasteiger partial charge on any atom is 0.255 e. The Morgan fingerprint density at radius 3 is 2.89 bits per heavy atom. The van der Waals surface area contributed by atoms with Crippen molar-refractivity contribution in [3.8, 4) is 11.5 Å². The topological polar surface area (TPSA) is 71.5 Å². The molecule has 1 heterocycles. The van der Waals surface area contributed by atoms with E-state index in [0.717, 1.165) is 5.69 Å². The third-order valence-corrected chi connectivity index (χ3v) is 2.60. The summed E-state index contributed by atoms with van der Waals surface area (Å²) in [5, 5.41) is 12.4. The third-order valence-electron chi connectivity index (χ3n) is 2.60. The van der Waals surface area contributed by atoms with E-state index in [4.69, 9.17) is 4.74 Å². The third kappa shape index (κ3) is 3.22. The minimum atomic E-state index is -0.373. The van der Waals surface area contributed by atoms with Gasteiger partial charge in [0.2, 0.25) is 0 Å². The van der Waals surface area contributed by atoms with Gasteiger partial charge in [0, 0.05) is 6.20 Å². The fourth-order valence-corrected chi connectivity index (χ4v) is 1.59. The zero-order valence-electron chi connectivity index (χ0n) is 10.5. The van der Waals surface area contributed by atoms with E-state index in [0.29, 0.717) is 12.3 Å². The van der Waals surface area contributed by atoms with E-state index in [1.54, 1.807) is 18.3 Å². The van der Waals surface area contributed by atoms with Crippen molar-refractivity contribution in [1.29, 1.82) is 0 Å². The number of benzene rings is 1. The molecule has 0 aliphatic rings. The first-order valence-electron chi connectivity index (χ1n) is 5.76. The summed E-state index contributed by atoms with van der Waals surface area (Å²) in [6.07, 6.45) is 1.66. The van der Waals surface area contributed by atoms with E-state index in [2.05, 4.69) is 10.3 Å². The van der Waals surface area contributed by atoms with E-state index >= 15 is 0 Å². The number of nitrogens with zero attached hydrogens (tertiary/aromatic N) is 1. The van der Waals surface area contributed by atoms with Crippen LogP contribution in [0.4, 0.5) is 0 Å². The second-order valence-corrected chi connectivity index (χ2v) is 3.89. The molecule has 0 saturated carbocycles. The minimum absolute atomic E-state index is 0.0840. The molecule has 1 aromatic carbocycles. The van der Waals surface area contributed by atoms with Gasteiger partial charge in [-0.3, -0.25) is 9.78 Å². The van der Waals surface area contributed by atoms with Gasteiger partial charge in [-0.2, -0.15) is 0 Å². The van der Waals surface area contributed by atoms with E-state index in [1.807, 2.05) is 12.1 Å². The Morgan fingerprint density at radius 1 is 1.37 bits per heavy atom. The number of hydrogen-bond acceptors (Lipinski definition) is 4. The number of phenolic OH excluding ortho intramolecular Hbond substituents is 1. The molecule has 0 atom stereocenters. The molecule has 0 aliphatic carbocycles. The van der Waals surface area contributed by atoms with Gasteiger partial charge >= 0.3 is 0 Å². The quantitative estimate of drug-likeness (QED) is 0.876. The predicted molar refractivity (Wildman–Crippen MR) is 70.1 cm³/mol. The zero-order chi connectivity index (χ0) is 13.7. The molecule has 0 radical (unpaired) electrons. The Balaban J connectivity index is 2.08. The van der Waals surface area contributed by atoms with E-state index < -0.39 is 0 Å². The van der Waals surface area contributed by atoms with Crippen LogP contribution < -0.4 is 10.1 Å². The summed E-state index contributed by atoms with van der Waals surface area (Å²) in [4.78, 5) is 16.1. The molecule has 0 fully saturated rings. The van der Waals surface area contributed by atoms with Crippen molar-refractivity contribution in [2.75, 3.05) is 7.11 Å². The largest absolute Gasteiger partial charge is 0.507 e. The summed E-state index contributed by atoms with van der Waals surface area (Å²) < 4.78 is 5.02. The summed E-state index contributed by atoms with van der Waals surface area (Å²) in [6, 6.07) is 9.96.